The topological polar surface area (TPSA) is 0 Å². The molecule has 0 aliphatic heterocycles. The number of alkyl halides is 1. The number of aryl methyl sites for hydroxylation is 1. The van der Waals surface area contributed by atoms with Gasteiger partial charge in [-0.15, -0.1) is 11.3 Å². The monoisotopic (exact) mass is 272 g/mol. The summed E-state index contributed by atoms with van der Waals surface area (Å²) in [6, 6.07) is 4.62. The maximum atomic E-state index is 3.62. The van der Waals surface area contributed by atoms with Crippen LogP contribution >= 0.6 is 27.3 Å². The molecule has 78 valence electrons. The third kappa shape index (κ3) is 1.57. The third-order valence-corrected chi connectivity index (χ3v) is 5.56. The van der Waals surface area contributed by atoms with Crippen molar-refractivity contribution >= 4 is 27.3 Å². The van der Waals surface area contributed by atoms with Crippen LogP contribution in [0.3, 0.4) is 0 Å². The maximum Gasteiger partial charge on any atom is 0.00878 e. The van der Waals surface area contributed by atoms with Crippen LogP contribution in [0.15, 0.2) is 12.1 Å². The molecule has 2 unspecified atom stereocenters. The molecule has 1 saturated carbocycles. The summed E-state index contributed by atoms with van der Waals surface area (Å²) in [7, 11) is 0. The van der Waals surface area contributed by atoms with E-state index < -0.39 is 0 Å². The van der Waals surface area contributed by atoms with E-state index in [2.05, 4.69) is 48.8 Å². The van der Waals surface area contributed by atoms with Gasteiger partial charge in [0.2, 0.25) is 0 Å². The van der Waals surface area contributed by atoms with Crippen molar-refractivity contribution in [3.8, 4) is 0 Å². The minimum Gasteiger partial charge on any atom is -0.145 e. The van der Waals surface area contributed by atoms with Crippen molar-refractivity contribution in [3.05, 3.63) is 21.9 Å². The van der Waals surface area contributed by atoms with Crippen LogP contribution in [0, 0.1) is 11.3 Å². The summed E-state index contributed by atoms with van der Waals surface area (Å²) in [6.45, 7) is 7.00. The molecule has 0 radical (unpaired) electrons. The van der Waals surface area contributed by atoms with Crippen molar-refractivity contribution in [3.63, 3.8) is 0 Å². The molecule has 0 saturated heterocycles. The molecule has 0 aromatic carbocycles. The largest absolute Gasteiger partial charge is 0.145 e. The van der Waals surface area contributed by atoms with E-state index in [-0.39, 0.29) is 0 Å². The second-order valence-corrected chi connectivity index (χ2v) is 6.56. The first-order valence-electron chi connectivity index (χ1n) is 5.25. The highest BCUT2D eigenvalue weighted by molar-refractivity contribution is 9.09. The highest BCUT2D eigenvalue weighted by Crippen LogP contribution is 2.65. The first-order chi connectivity index (χ1) is 6.61. The number of rotatable bonds is 3. The average molecular weight is 273 g/mol. The van der Waals surface area contributed by atoms with Crippen LogP contribution in [0.25, 0.3) is 0 Å². The van der Waals surface area contributed by atoms with Gasteiger partial charge in [-0.05, 0) is 29.9 Å². The van der Waals surface area contributed by atoms with Crippen molar-refractivity contribution in [2.75, 3.05) is 5.33 Å². The van der Waals surface area contributed by atoms with Gasteiger partial charge in [0.1, 0.15) is 0 Å². The summed E-state index contributed by atoms with van der Waals surface area (Å²) in [5, 5.41) is 1.14. The van der Waals surface area contributed by atoms with Crippen molar-refractivity contribution in [2.45, 2.75) is 33.1 Å². The Hall–Kier alpha value is 0.180. The molecule has 2 rings (SSSR count). The average Bonchev–Trinajstić information content (AvgIpc) is 2.55. The lowest BCUT2D eigenvalue weighted by molar-refractivity contribution is 0.581. The molecule has 1 aliphatic carbocycles. The molecule has 0 nitrogen and oxygen atoms in total. The summed E-state index contributed by atoms with van der Waals surface area (Å²) < 4.78 is 0. The smallest absolute Gasteiger partial charge is 0.00878 e. The highest BCUT2D eigenvalue weighted by atomic mass is 79.9. The van der Waals surface area contributed by atoms with Crippen LogP contribution in [0.1, 0.15) is 36.4 Å². The van der Waals surface area contributed by atoms with Crippen LogP contribution in [-0.2, 0) is 6.42 Å². The lowest BCUT2D eigenvalue weighted by Gasteiger charge is -1.98. The van der Waals surface area contributed by atoms with Crippen LogP contribution in [0.4, 0.5) is 0 Å². The van der Waals surface area contributed by atoms with Crippen molar-refractivity contribution in [2.24, 2.45) is 11.3 Å². The zero-order valence-corrected chi connectivity index (χ0v) is 11.4. The van der Waals surface area contributed by atoms with Gasteiger partial charge in [0.25, 0.3) is 0 Å². The third-order valence-electron chi connectivity index (χ3n) is 3.55. The first kappa shape index (κ1) is 10.7. The summed E-state index contributed by atoms with van der Waals surface area (Å²) in [6.07, 6.45) is 1.18. The van der Waals surface area contributed by atoms with Crippen LogP contribution in [0.5, 0.6) is 0 Å². The molecule has 0 amide bonds. The Morgan fingerprint density at radius 2 is 2.14 bits per heavy atom. The first-order valence-corrected chi connectivity index (χ1v) is 7.19. The van der Waals surface area contributed by atoms with Gasteiger partial charge >= 0.3 is 0 Å². The number of hydrogen-bond acceptors (Lipinski definition) is 1. The molecule has 0 spiro atoms. The second kappa shape index (κ2) is 3.64. The van der Waals surface area contributed by atoms with E-state index in [9.17, 15) is 0 Å². The maximum absolute atomic E-state index is 3.62. The quantitative estimate of drug-likeness (QED) is 0.714. The fourth-order valence-electron chi connectivity index (χ4n) is 2.35. The summed E-state index contributed by atoms with van der Waals surface area (Å²) in [4.78, 5) is 3.12. The molecule has 1 aromatic heterocycles. The summed E-state index contributed by atoms with van der Waals surface area (Å²) >= 11 is 5.62. The fraction of sp³-hybridized carbons (Fsp3) is 0.667. The van der Waals surface area contributed by atoms with Crippen molar-refractivity contribution in [1.82, 2.24) is 0 Å². The van der Waals surface area contributed by atoms with E-state index in [1.807, 2.05) is 11.3 Å². The Bertz CT molecular complexity index is 327. The zero-order valence-electron chi connectivity index (χ0n) is 9.01. The molecule has 2 heteroatoms. The predicted octanol–water partition coefficient (Wildman–Crippen LogP) is 4.45. The van der Waals surface area contributed by atoms with E-state index in [1.165, 1.54) is 11.3 Å². The lowest BCUT2D eigenvalue weighted by Crippen LogP contribution is -1.89. The molecule has 0 bridgehead atoms. The van der Waals surface area contributed by atoms with E-state index >= 15 is 0 Å². The van der Waals surface area contributed by atoms with Gasteiger partial charge in [0, 0.05) is 21.0 Å². The molecule has 1 aliphatic rings. The highest BCUT2D eigenvalue weighted by Gasteiger charge is 2.57. The molecule has 1 heterocycles. The van der Waals surface area contributed by atoms with Gasteiger partial charge < -0.3 is 0 Å². The zero-order chi connectivity index (χ0) is 10.3. The number of hydrogen-bond donors (Lipinski definition) is 0. The standard InChI is InChI=1S/C12H17BrS/c1-4-8-5-6-10(14-8)11-9(7-13)12(11,2)3/h5-6,9,11H,4,7H2,1-3H3. The minimum atomic E-state index is 0.513. The minimum absolute atomic E-state index is 0.513. The molecule has 14 heavy (non-hydrogen) atoms. The Morgan fingerprint density at radius 1 is 1.43 bits per heavy atom. The van der Waals surface area contributed by atoms with E-state index in [4.69, 9.17) is 0 Å². The van der Waals surface area contributed by atoms with E-state index in [0.717, 1.165) is 17.2 Å². The van der Waals surface area contributed by atoms with Gasteiger partial charge in [-0.2, -0.15) is 0 Å². The van der Waals surface area contributed by atoms with Gasteiger partial charge in [0.05, 0.1) is 0 Å². The van der Waals surface area contributed by atoms with Gasteiger partial charge in [-0.25, -0.2) is 0 Å². The Balaban J connectivity index is 2.18. The number of halogens is 1. The lowest BCUT2D eigenvalue weighted by atomic mass is 10.1. The van der Waals surface area contributed by atoms with Crippen LogP contribution in [0.2, 0.25) is 0 Å². The summed E-state index contributed by atoms with van der Waals surface area (Å²) in [5.41, 5.74) is 0.513. The fourth-order valence-corrected chi connectivity index (χ4v) is 4.87. The molecule has 2 atom stereocenters. The van der Waals surface area contributed by atoms with Gasteiger partial charge in [-0.3, -0.25) is 0 Å². The predicted molar refractivity (Wildman–Crippen MR) is 67.5 cm³/mol. The van der Waals surface area contributed by atoms with Gasteiger partial charge in [-0.1, -0.05) is 36.7 Å². The van der Waals surface area contributed by atoms with Crippen molar-refractivity contribution < 1.29 is 0 Å². The van der Waals surface area contributed by atoms with Crippen LogP contribution in [-0.4, -0.2) is 5.33 Å². The van der Waals surface area contributed by atoms with Crippen LogP contribution < -0.4 is 0 Å². The molecule has 0 N–H and O–H groups in total. The molecular formula is C12H17BrS. The second-order valence-electron chi connectivity index (χ2n) is 4.72. The molecular weight excluding hydrogens is 256 g/mol. The van der Waals surface area contributed by atoms with E-state index in [0.29, 0.717) is 5.41 Å². The Kier molecular flexibility index (Phi) is 2.78. The summed E-state index contributed by atoms with van der Waals surface area (Å²) in [5.74, 6) is 1.64. The molecule has 1 fully saturated rings. The van der Waals surface area contributed by atoms with E-state index in [1.54, 1.807) is 4.88 Å². The van der Waals surface area contributed by atoms with Gasteiger partial charge in [0.15, 0.2) is 0 Å². The molecule has 1 aromatic rings. The Morgan fingerprint density at radius 3 is 2.57 bits per heavy atom. The SMILES string of the molecule is CCc1ccc(C2C(CBr)C2(C)C)s1. The number of thiophene rings is 1. The normalized spacial score (nSPS) is 29.1. The Labute approximate surface area is 98.9 Å². The van der Waals surface area contributed by atoms with Crippen molar-refractivity contribution in [1.29, 1.82) is 0 Å².